The number of nitrogens with one attached hydrogen (secondary N) is 3. The number of imidazole rings is 3. The molecule has 9 aromatic heterocycles. The molecule has 59 heteroatoms. The predicted octanol–water partition coefficient (Wildman–Crippen LogP) is -2.80. The molecule has 708 valence electrons. The smallest absolute Gasteiger partial charge is 0.330 e. The Hall–Kier alpha value is -9.32. The van der Waals surface area contributed by atoms with Crippen LogP contribution in [0.2, 0.25) is 0 Å². The van der Waals surface area contributed by atoms with Crippen molar-refractivity contribution in [2.45, 2.75) is 162 Å². The average Bonchev–Trinajstić information content (AvgIpc) is 1.64. The number of nitrogen functional groups attached to an aromatic ring is 3. The molecule has 130 heavy (non-hydrogen) atoms. The van der Waals surface area contributed by atoms with E-state index < -0.39 is 235 Å². The van der Waals surface area contributed by atoms with Crippen molar-refractivity contribution >= 4 is 107 Å². The van der Waals surface area contributed by atoms with Crippen LogP contribution >= 0.6 is 20.2 Å². The number of H-pyrrole nitrogens is 3. The second-order valence-corrected chi connectivity index (χ2v) is 36.3. The number of aliphatic hydroxyl groups excluding tert-OH is 6. The van der Waals surface area contributed by atoms with Crippen LogP contribution in [0.3, 0.4) is 0 Å². The highest BCUT2D eigenvalue weighted by Gasteiger charge is 2.54. The van der Waals surface area contributed by atoms with Crippen molar-refractivity contribution < 1.29 is 124 Å². The number of anilines is 3. The summed E-state index contributed by atoms with van der Waals surface area (Å²) in [6.45, 7) is -14.3. The molecule has 0 aromatic carbocycles. The Morgan fingerprint density at radius 3 is 1.19 bits per heavy atom. The molecule has 0 saturated carbocycles. The van der Waals surface area contributed by atoms with Crippen molar-refractivity contribution in [2.24, 2.45) is 0 Å². The average molecular weight is 1950 g/mol. The molecule has 0 amide bonds. The van der Waals surface area contributed by atoms with Crippen LogP contribution in [-0.4, -0.2) is 266 Å². The minimum absolute atomic E-state index is 0. The third-order valence-electron chi connectivity index (χ3n) is 20.3. The Bertz CT molecular complexity index is 6150. The van der Waals surface area contributed by atoms with Gasteiger partial charge in [0.05, 0.1) is 81.8 Å². The molecule has 9 unspecified atom stereocenters. The van der Waals surface area contributed by atoms with Gasteiger partial charge in [-0.1, -0.05) is 41.4 Å². The third-order valence-corrected chi connectivity index (χ3v) is 24.9. The van der Waals surface area contributed by atoms with Gasteiger partial charge >= 0.3 is 17.1 Å². The number of hydrogen-bond acceptors (Lipinski definition) is 42. The van der Waals surface area contributed by atoms with E-state index in [0.717, 1.165) is 44.3 Å². The quantitative estimate of drug-likeness (QED) is 0.0123. The topological polar surface area (TPSA) is 767 Å². The summed E-state index contributed by atoms with van der Waals surface area (Å²) in [6, 6.07) is 7.91. The fourth-order valence-corrected chi connectivity index (χ4v) is 18.5. The highest BCUT2D eigenvalue weighted by atomic mass is 32.7. The van der Waals surface area contributed by atoms with E-state index in [-0.39, 0.29) is 56.0 Å². The van der Waals surface area contributed by atoms with Crippen LogP contribution in [-0.2, 0) is 110 Å². The summed E-state index contributed by atoms with van der Waals surface area (Å²) < 4.78 is 135. The first-order valence-corrected chi connectivity index (χ1v) is 45.6. The van der Waals surface area contributed by atoms with Gasteiger partial charge in [0, 0.05) is 61.8 Å². The SMILES string of the molecule is C#CCO[C@H]1C(OP([O-])(=S)OC[C@H]2O[C@@H](n3cnc4c(N)ccnc43)[C@@H](F)C2O)[C@@H](CO)O[C@H]1n1ccc(=O)[nH]c1=O.CC#CCO[C@H]1C(OP(=O)([S-])OC[C@H]2O[C@@H](n3cnc4c(N)ccnc43)CC2O)[C@@H](CO)O[C@H]1n1ccc(=O)[nH]c1=O.CC#CCO[C@H]1C(OP([O-])(=S)OC[C@H]2O[C@@H](n3cnc4c(N)ccnc43)[C@@H](F)C2O)[C@@H](CO)O[C@H]1n1ccc(=O)[nH]c1=O.[NH4+].[NH4+].[NH4+]. The Kier molecular flexibility index (Phi) is 35.2. The largest absolute Gasteiger partial charge is 0.780 e. The number of quaternary nitrogens is 3. The van der Waals surface area contributed by atoms with Crippen LogP contribution in [0.25, 0.3) is 33.5 Å². The molecule has 27 N–H and O–H groups in total. The number of halogens is 2. The molecule has 0 bridgehead atoms. The van der Waals surface area contributed by atoms with Gasteiger partial charge in [0.2, 0.25) is 0 Å². The van der Waals surface area contributed by atoms with E-state index in [0.29, 0.717) is 39.3 Å². The van der Waals surface area contributed by atoms with Crippen molar-refractivity contribution in [3.05, 3.63) is 155 Å². The molecule has 6 aliphatic heterocycles. The zero-order valence-corrected chi connectivity index (χ0v) is 74.1. The Morgan fingerprint density at radius 2 is 0.838 bits per heavy atom. The van der Waals surface area contributed by atoms with E-state index >= 15 is 8.78 Å². The number of aliphatic hydroxyl groups is 6. The Morgan fingerprint density at radius 1 is 0.500 bits per heavy atom. The first-order chi connectivity index (χ1) is 60.7. The van der Waals surface area contributed by atoms with Crippen LogP contribution in [0, 0.1) is 36.0 Å². The molecule has 0 aliphatic carbocycles. The summed E-state index contributed by atoms with van der Waals surface area (Å²) in [6.07, 6.45) is -12.9. The zero-order chi connectivity index (χ0) is 91.1. The van der Waals surface area contributed by atoms with Gasteiger partial charge in [0.25, 0.3) is 16.7 Å². The van der Waals surface area contributed by atoms with Crippen molar-refractivity contribution in [3.63, 3.8) is 0 Å². The van der Waals surface area contributed by atoms with Gasteiger partial charge in [0.1, 0.15) is 141 Å². The van der Waals surface area contributed by atoms with Crippen molar-refractivity contribution in [3.8, 4) is 36.0 Å². The lowest BCUT2D eigenvalue weighted by molar-refractivity contribution is -0.219. The Labute approximate surface area is 746 Å². The van der Waals surface area contributed by atoms with Crippen molar-refractivity contribution in [1.82, 2.24) is 90.7 Å². The van der Waals surface area contributed by atoms with E-state index in [9.17, 15) is 73.8 Å². The van der Waals surface area contributed by atoms with Gasteiger partial charge in [-0.2, -0.15) is 0 Å². The van der Waals surface area contributed by atoms with Crippen molar-refractivity contribution in [1.29, 1.82) is 0 Å². The number of pyridine rings is 3. The van der Waals surface area contributed by atoms with Crippen LogP contribution < -0.4 is 79.2 Å². The van der Waals surface area contributed by atoms with Gasteiger partial charge in [-0.15, -0.1) is 18.3 Å². The predicted molar refractivity (Wildman–Crippen MR) is 456 cm³/mol. The van der Waals surface area contributed by atoms with Crippen LogP contribution in [0.4, 0.5) is 25.8 Å². The highest BCUT2D eigenvalue weighted by Crippen LogP contribution is 2.53. The van der Waals surface area contributed by atoms with E-state index in [1.54, 1.807) is 24.5 Å². The fraction of sp³-hybridized carbons (Fsp3) is 0.493. The van der Waals surface area contributed by atoms with Gasteiger partial charge in [-0.3, -0.25) is 61.3 Å². The minimum atomic E-state index is -4.47. The second kappa shape index (κ2) is 44.5. The van der Waals surface area contributed by atoms with E-state index in [1.807, 2.05) is 0 Å². The molecule has 0 radical (unpaired) electrons. The van der Waals surface area contributed by atoms with Crippen molar-refractivity contribution in [2.75, 3.05) is 76.7 Å². The lowest BCUT2D eigenvalue weighted by Crippen LogP contribution is -2.41. The van der Waals surface area contributed by atoms with Gasteiger partial charge in [-0.25, -0.2) is 53.1 Å². The second-order valence-electron chi connectivity index (χ2n) is 28.2. The number of fused-ring (bicyclic) bond motifs is 3. The number of ether oxygens (including phenoxy) is 9. The molecule has 6 saturated heterocycles. The number of nitrogens with zero attached hydrogens (tertiary/aromatic N) is 12. The first kappa shape index (κ1) is 103. The molecule has 15 heterocycles. The number of terminal acetylenes is 1. The molecule has 15 rings (SSSR count). The summed E-state index contributed by atoms with van der Waals surface area (Å²) in [7, 11) is 0. The summed E-state index contributed by atoms with van der Waals surface area (Å²) in [5.41, 5.74) is 16.4. The molecular formula is C71H92F2N21O30P3S3. The monoisotopic (exact) mass is 1950 g/mol. The molecule has 6 fully saturated rings. The minimum Gasteiger partial charge on any atom is -0.780 e. The third kappa shape index (κ3) is 22.9. The zero-order valence-electron chi connectivity index (χ0n) is 69.0. The van der Waals surface area contributed by atoms with Crippen LogP contribution in [0.1, 0.15) is 57.6 Å². The molecule has 9 aromatic rings. The highest BCUT2D eigenvalue weighted by molar-refractivity contribution is 8.32. The number of nitrogens with two attached hydrogens (primary N) is 3. The number of aromatic nitrogens is 15. The summed E-state index contributed by atoms with van der Waals surface area (Å²) in [5, 5.41) is 61.5. The lowest BCUT2D eigenvalue weighted by Gasteiger charge is -2.34. The van der Waals surface area contributed by atoms with E-state index in [2.05, 4.69) is 74.5 Å². The molecular weight excluding hydrogens is 1850 g/mol. The maximum atomic E-state index is 15.1. The number of alkyl halides is 2. The van der Waals surface area contributed by atoms with Gasteiger partial charge in [0.15, 0.2) is 67.2 Å². The summed E-state index contributed by atoms with van der Waals surface area (Å²) >= 11 is 15.2. The normalized spacial score (nSPS) is 29.3. The van der Waals surface area contributed by atoms with Gasteiger partial charge in [-0.05, 0) is 32.0 Å². The van der Waals surface area contributed by atoms with E-state index in [4.69, 9.17) is 129 Å². The fourth-order valence-electron chi connectivity index (χ4n) is 14.2. The number of hydrogen-bond donors (Lipinski definition) is 15. The molecule has 26 atom stereocenters. The summed E-state index contributed by atoms with van der Waals surface area (Å²) in [4.78, 5) is 130. The van der Waals surface area contributed by atoms with Crippen LogP contribution in [0.5, 0.6) is 0 Å². The number of aromatic amines is 3. The lowest BCUT2D eigenvalue weighted by atomic mass is 10.1. The molecule has 6 aliphatic rings. The molecule has 51 nitrogen and oxygen atoms in total. The molecule has 0 spiro atoms. The number of rotatable bonds is 30. The summed E-state index contributed by atoms with van der Waals surface area (Å²) in [5.74, 6) is 12.9. The first-order valence-electron chi connectivity index (χ1n) is 37.9. The van der Waals surface area contributed by atoms with E-state index in [1.165, 1.54) is 65.0 Å². The standard InChI is InChI=1S/C24H28FN6O10PS.C24H29N6O10PS.C23H26FN6O10PS.3H3N/c1-2-3-8-37-20-19(13(9-32)39-23(20)30-7-5-15(33)29-24(30)35)41-42(36,43)38-10-14-18(34)16(25)22(40-14)31-11-28-17-12(26)4-6-27-21(17)31;1-2-3-8-36-21-20(15(10-31)39-23(21)29-7-5-17(33)28-24(29)34)40-41(35,42)37-11-16-14(32)9-18(38-16)30-12-27-19-13(25)4-6-26-22(19)30;1-2-7-36-19-18(12(8-31)38-22(19)29-6-4-14(32)28-23(29)34)40-41(35,42)37-9-13-17(33)15(24)21(39-13)30-10-27-16-11(25)3-5-26-20(16)30;;;/h4-7,11,13-14,16,18-20,22-23,32,34H,8-10H2,1H3,(H2,26,27)(H,36,43)(H,29,33,35);4-7,12,14-16,18,20-21,23,31-32H,8-11H2,1H3,(H2,25,26)(H,35,42)(H,28,33,34);1,3-6,10,12-13,15,17-19,21-22,31,33H,7-9H2,(H2,25,26)(H,35,42)(H,28,32,34);3*1H3/t13-,14-,16+,18?,19?,20+,22-,23-,42?;14?,15-,16-,18-,20?,21+,23-,41?;12-,13-,15+,17?,18?,19+,21-,22-,41?;;;/m111.../s1. The maximum absolute atomic E-state index is 15.1. The maximum Gasteiger partial charge on any atom is 0.330 e. The van der Waals surface area contributed by atoms with Crippen LogP contribution in [0.15, 0.2) is 121 Å². The Balaban J connectivity index is 0.000000200. The van der Waals surface area contributed by atoms with Gasteiger partial charge < -0.3 is 158 Å².